The number of nitrogens with one attached hydrogen (secondary N) is 1. The molecule has 0 spiro atoms. The maximum absolute atomic E-state index is 5.42. The van der Waals surface area contributed by atoms with E-state index in [9.17, 15) is 0 Å². The second kappa shape index (κ2) is 5.51. The topological polar surface area (TPSA) is 54.2 Å². The lowest BCUT2D eigenvalue weighted by atomic mass is 9.99. The van der Waals surface area contributed by atoms with Gasteiger partial charge in [0, 0.05) is 25.0 Å². The number of fused-ring (bicyclic) bond motifs is 1. The number of rotatable bonds is 3. The van der Waals surface area contributed by atoms with Gasteiger partial charge < -0.3 is 10.3 Å². The van der Waals surface area contributed by atoms with Crippen molar-refractivity contribution in [3.63, 3.8) is 0 Å². The molecule has 3 rings (SSSR count). The summed E-state index contributed by atoms with van der Waals surface area (Å²) in [7, 11) is 0. The third kappa shape index (κ3) is 2.60. The van der Waals surface area contributed by atoms with E-state index in [1.165, 1.54) is 35.2 Å². The molecule has 1 aromatic heterocycles. The highest BCUT2D eigenvalue weighted by atomic mass is 15.2. The molecule has 20 heavy (non-hydrogen) atoms. The molecule has 2 aromatic rings. The second-order valence-electron chi connectivity index (χ2n) is 5.35. The molecule has 3 N–H and O–H groups in total. The minimum atomic E-state index is 0.712. The van der Waals surface area contributed by atoms with Crippen LogP contribution in [0.15, 0.2) is 36.5 Å². The third-order valence-corrected chi connectivity index (χ3v) is 3.80. The fourth-order valence-electron chi connectivity index (χ4n) is 2.84. The first-order valence-electron chi connectivity index (χ1n) is 7.02. The lowest BCUT2D eigenvalue weighted by molar-refractivity contribution is 0.690. The van der Waals surface area contributed by atoms with Crippen molar-refractivity contribution >= 4 is 11.5 Å². The first kappa shape index (κ1) is 12.9. The zero-order valence-corrected chi connectivity index (χ0v) is 11.8. The number of aryl methyl sites for hydroxylation is 2. The summed E-state index contributed by atoms with van der Waals surface area (Å²) < 4.78 is 0. The zero-order chi connectivity index (χ0) is 13.9. The van der Waals surface area contributed by atoms with Crippen LogP contribution in [0.4, 0.5) is 11.5 Å². The molecule has 0 saturated carbocycles. The van der Waals surface area contributed by atoms with Crippen molar-refractivity contribution in [3.05, 3.63) is 53.2 Å². The Kier molecular flexibility index (Phi) is 3.56. The Morgan fingerprint density at radius 3 is 3.05 bits per heavy atom. The lowest BCUT2D eigenvalue weighted by Gasteiger charge is -2.31. The van der Waals surface area contributed by atoms with Crippen LogP contribution in [0.2, 0.25) is 0 Å². The maximum Gasteiger partial charge on any atom is 0.140 e. The molecule has 0 atom stereocenters. The highest BCUT2D eigenvalue weighted by molar-refractivity contribution is 5.57. The van der Waals surface area contributed by atoms with Gasteiger partial charge in [-0.05, 0) is 49.1 Å². The van der Waals surface area contributed by atoms with Crippen LogP contribution in [0.1, 0.15) is 23.1 Å². The van der Waals surface area contributed by atoms with Gasteiger partial charge in [0.05, 0.1) is 0 Å². The Morgan fingerprint density at radius 1 is 1.30 bits per heavy atom. The van der Waals surface area contributed by atoms with E-state index in [0.717, 1.165) is 13.1 Å². The molecule has 4 heteroatoms. The zero-order valence-electron chi connectivity index (χ0n) is 11.8. The smallest absolute Gasteiger partial charge is 0.140 e. The van der Waals surface area contributed by atoms with Crippen molar-refractivity contribution in [1.82, 2.24) is 4.98 Å². The summed E-state index contributed by atoms with van der Waals surface area (Å²) in [5, 5.41) is 0. The van der Waals surface area contributed by atoms with Crippen molar-refractivity contribution in [2.45, 2.75) is 26.3 Å². The van der Waals surface area contributed by atoms with Gasteiger partial charge in [0.2, 0.25) is 0 Å². The van der Waals surface area contributed by atoms with Crippen molar-refractivity contribution in [1.29, 1.82) is 0 Å². The highest BCUT2D eigenvalue weighted by Crippen LogP contribution is 2.29. The van der Waals surface area contributed by atoms with Gasteiger partial charge in [-0.15, -0.1) is 0 Å². The summed E-state index contributed by atoms with van der Waals surface area (Å²) in [5.74, 6) is 6.13. The fourth-order valence-corrected chi connectivity index (χ4v) is 2.84. The van der Waals surface area contributed by atoms with Crippen LogP contribution in [0.25, 0.3) is 0 Å². The predicted octanol–water partition coefficient (Wildman–Crippen LogP) is 2.63. The van der Waals surface area contributed by atoms with E-state index in [0.29, 0.717) is 5.82 Å². The third-order valence-electron chi connectivity index (χ3n) is 3.80. The summed E-state index contributed by atoms with van der Waals surface area (Å²) in [4.78, 5) is 6.59. The number of hydrazine groups is 1. The van der Waals surface area contributed by atoms with E-state index in [1.807, 2.05) is 12.1 Å². The van der Waals surface area contributed by atoms with Gasteiger partial charge in [0.25, 0.3) is 0 Å². The van der Waals surface area contributed by atoms with Crippen molar-refractivity contribution in [2.24, 2.45) is 5.84 Å². The minimum absolute atomic E-state index is 0.712. The Labute approximate surface area is 119 Å². The maximum atomic E-state index is 5.42. The average molecular weight is 268 g/mol. The molecular formula is C16H20N4. The molecule has 0 radical (unpaired) electrons. The predicted molar refractivity (Wildman–Crippen MR) is 82.6 cm³/mol. The Balaban J connectivity index is 1.85. The van der Waals surface area contributed by atoms with Gasteiger partial charge in [-0.3, -0.25) is 0 Å². The standard InChI is InChI=1S/C16H20N4/c1-12-4-5-15-14(9-12)3-2-8-20(15)11-13-6-7-18-16(10-13)19-17/h4-7,9-10H,2-3,8,11,17H2,1H3,(H,18,19). The van der Waals surface area contributed by atoms with E-state index in [4.69, 9.17) is 5.84 Å². The number of nitrogen functional groups attached to an aromatic ring is 1. The molecule has 4 nitrogen and oxygen atoms in total. The lowest BCUT2D eigenvalue weighted by Crippen LogP contribution is -2.28. The molecule has 0 fully saturated rings. The molecule has 0 saturated heterocycles. The van der Waals surface area contributed by atoms with Crippen LogP contribution < -0.4 is 16.2 Å². The van der Waals surface area contributed by atoms with E-state index < -0.39 is 0 Å². The number of aromatic nitrogens is 1. The molecule has 0 aliphatic carbocycles. The highest BCUT2D eigenvalue weighted by Gasteiger charge is 2.16. The first-order chi connectivity index (χ1) is 9.76. The van der Waals surface area contributed by atoms with E-state index in [-0.39, 0.29) is 0 Å². The molecule has 0 unspecified atom stereocenters. The molecule has 0 bridgehead atoms. The average Bonchev–Trinajstić information content (AvgIpc) is 2.47. The van der Waals surface area contributed by atoms with Gasteiger partial charge in [-0.2, -0.15) is 0 Å². The van der Waals surface area contributed by atoms with Crippen LogP contribution >= 0.6 is 0 Å². The van der Waals surface area contributed by atoms with Crippen LogP contribution in [0, 0.1) is 6.92 Å². The SMILES string of the molecule is Cc1ccc2c(c1)CCCN2Cc1ccnc(NN)c1. The summed E-state index contributed by atoms with van der Waals surface area (Å²) in [6.45, 7) is 4.15. The molecule has 1 aromatic carbocycles. The van der Waals surface area contributed by atoms with Gasteiger partial charge in [0.1, 0.15) is 5.82 Å². The summed E-state index contributed by atoms with van der Waals surface area (Å²) in [6, 6.07) is 10.8. The van der Waals surface area contributed by atoms with E-state index in [1.54, 1.807) is 6.20 Å². The molecule has 1 aliphatic rings. The minimum Gasteiger partial charge on any atom is -0.367 e. The van der Waals surface area contributed by atoms with Crippen molar-refractivity contribution in [3.8, 4) is 0 Å². The Bertz CT molecular complexity index is 609. The number of hydrogen-bond donors (Lipinski definition) is 2. The molecule has 1 aliphatic heterocycles. The molecule has 2 heterocycles. The van der Waals surface area contributed by atoms with Crippen LogP contribution in [-0.2, 0) is 13.0 Å². The van der Waals surface area contributed by atoms with Crippen LogP contribution in [-0.4, -0.2) is 11.5 Å². The molecular weight excluding hydrogens is 248 g/mol. The van der Waals surface area contributed by atoms with Crippen LogP contribution in [0.5, 0.6) is 0 Å². The monoisotopic (exact) mass is 268 g/mol. The summed E-state index contributed by atoms with van der Waals surface area (Å²) in [5.41, 5.74) is 7.98. The van der Waals surface area contributed by atoms with Crippen molar-refractivity contribution in [2.75, 3.05) is 16.9 Å². The quantitative estimate of drug-likeness (QED) is 0.663. The first-order valence-corrected chi connectivity index (χ1v) is 7.02. The van der Waals surface area contributed by atoms with E-state index >= 15 is 0 Å². The fraction of sp³-hybridized carbons (Fsp3) is 0.312. The van der Waals surface area contributed by atoms with Gasteiger partial charge in [-0.25, -0.2) is 10.8 Å². The number of anilines is 2. The normalized spacial score (nSPS) is 14.0. The number of benzene rings is 1. The Morgan fingerprint density at radius 2 is 2.20 bits per heavy atom. The Hall–Kier alpha value is -2.07. The van der Waals surface area contributed by atoms with Gasteiger partial charge in [-0.1, -0.05) is 17.7 Å². The number of pyridine rings is 1. The largest absolute Gasteiger partial charge is 0.367 e. The van der Waals surface area contributed by atoms with Gasteiger partial charge in [0.15, 0.2) is 0 Å². The van der Waals surface area contributed by atoms with E-state index in [2.05, 4.69) is 40.4 Å². The number of nitrogens with zero attached hydrogens (tertiary/aromatic N) is 2. The molecule has 0 amide bonds. The summed E-state index contributed by atoms with van der Waals surface area (Å²) in [6.07, 6.45) is 4.19. The number of hydrogen-bond acceptors (Lipinski definition) is 4. The summed E-state index contributed by atoms with van der Waals surface area (Å²) >= 11 is 0. The second-order valence-corrected chi connectivity index (χ2v) is 5.35. The van der Waals surface area contributed by atoms with Crippen LogP contribution in [0.3, 0.4) is 0 Å². The number of nitrogens with two attached hydrogens (primary N) is 1. The van der Waals surface area contributed by atoms with Gasteiger partial charge >= 0.3 is 0 Å². The molecule has 104 valence electrons. The van der Waals surface area contributed by atoms with Crippen molar-refractivity contribution < 1.29 is 0 Å².